The molecule has 2 amide bonds. The van der Waals surface area contributed by atoms with Gasteiger partial charge in [-0.25, -0.2) is 4.79 Å². The van der Waals surface area contributed by atoms with Gasteiger partial charge in [0, 0.05) is 6.54 Å². The first kappa shape index (κ1) is 13.5. The maximum atomic E-state index is 10.9. The minimum absolute atomic E-state index is 0.311. The van der Waals surface area contributed by atoms with E-state index in [0.717, 1.165) is 5.56 Å². The number of hydrogen-bond donors (Lipinski definition) is 3. The standard InChI is InChI=1S/C11H16N2O3S/c1-15-9-4-3-8(7-10(9)16-2)5-6-12-11(14)13-17/h3-4,7,17H,5-6H2,1-2H3,(H2,12,13,14). The van der Waals surface area contributed by atoms with Crippen molar-refractivity contribution in [1.29, 1.82) is 0 Å². The van der Waals surface area contributed by atoms with Crippen molar-refractivity contribution in [3.05, 3.63) is 23.8 Å². The van der Waals surface area contributed by atoms with Gasteiger partial charge in [-0.05, 0) is 24.1 Å². The molecule has 0 unspecified atom stereocenters. The lowest BCUT2D eigenvalue weighted by Gasteiger charge is -2.09. The number of carbonyl (C=O) groups excluding carboxylic acids is 1. The Morgan fingerprint density at radius 3 is 2.59 bits per heavy atom. The smallest absolute Gasteiger partial charge is 0.324 e. The molecule has 2 N–H and O–H groups in total. The van der Waals surface area contributed by atoms with Gasteiger partial charge in [0.15, 0.2) is 11.5 Å². The van der Waals surface area contributed by atoms with Gasteiger partial charge in [0.1, 0.15) is 0 Å². The number of ether oxygens (including phenoxy) is 2. The lowest BCUT2D eigenvalue weighted by atomic mass is 10.1. The van der Waals surface area contributed by atoms with E-state index in [4.69, 9.17) is 9.47 Å². The number of rotatable bonds is 5. The highest BCUT2D eigenvalue weighted by Gasteiger charge is 2.04. The van der Waals surface area contributed by atoms with Crippen LogP contribution in [0.2, 0.25) is 0 Å². The summed E-state index contributed by atoms with van der Waals surface area (Å²) in [6.07, 6.45) is 0.710. The Morgan fingerprint density at radius 1 is 1.29 bits per heavy atom. The topological polar surface area (TPSA) is 59.6 Å². The second-order valence-electron chi connectivity index (χ2n) is 3.31. The van der Waals surface area contributed by atoms with E-state index in [9.17, 15) is 4.79 Å². The predicted molar refractivity (Wildman–Crippen MR) is 68.8 cm³/mol. The zero-order valence-corrected chi connectivity index (χ0v) is 10.7. The van der Waals surface area contributed by atoms with E-state index in [-0.39, 0.29) is 6.03 Å². The third-order valence-electron chi connectivity index (χ3n) is 2.25. The van der Waals surface area contributed by atoms with Crippen LogP contribution in [0.3, 0.4) is 0 Å². The van der Waals surface area contributed by atoms with Crippen LogP contribution >= 0.6 is 12.8 Å². The molecule has 0 aliphatic carbocycles. The Morgan fingerprint density at radius 2 is 2.00 bits per heavy atom. The fourth-order valence-electron chi connectivity index (χ4n) is 1.40. The predicted octanol–water partition coefficient (Wildman–Crippen LogP) is 1.39. The number of nitrogens with one attached hydrogen (secondary N) is 2. The molecule has 1 aromatic rings. The molecular weight excluding hydrogens is 240 g/mol. The number of methoxy groups -OCH3 is 2. The molecule has 0 saturated carbocycles. The number of hydrogen-bond acceptors (Lipinski definition) is 4. The van der Waals surface area contributed by atoms with Crippen LogP contribution < -0.4 is 19.5 Å². The van der Waals surface area contributed by atoms with Crippen molar-refractivity contribution < 1.29 is 14.3 Å². The van der Waals surface area contributed by atoms with Crippen LogP contribution in [0.25, 0.3) is 0 Å². The highest BCUT2D eigenvalue weighted by atomic mass is 32.1. The monoisotopic (exact) mass is 256 g/mol. The normalized spacial score (nSPS) is 9.59. The SMILES string of the molecule is COc1ccc(CCNC(=O)NS)cc1OC. The summed E-state index contributed by atoms with van der Waals surface area (Å²) < 4.78 is 12.5. The molecule has 1 rings (SSSR count). The molecule has 0 fully saturated rings. The Hall–Kier alpha value is -1.56. The lowest BCUT2D eigenvalue weighted by Crippen LogP contribution is -2.31. The molecule has 0 saturated heterocycles. The lowest BCUT2D eigenvalue weighted by molar-refractivity contribution is 0.246. The van der Waals surface area contributed by atoms with Crippen LogP contribution in [0.15, 0.2) is 18.2 Å². The molecule has 6 heteroatoms. The molecule has 0 spiro atoms. The number of urea groups is 1. The second kappa shape index (κ2) is 6.90. The van der Waals surface area contributed by atoms with Crippen LogP contribution in [-0.2, 0) is 6.42 Å². The molecule has 0 bridgehead atoms. The van der Waals surface area contributed by atoms with Crippen molar-refractivity contribution in [2.75, 3.05) is 20.8 Å². The van der Waals surface area contributed by atoms with E-state index in [1.165, 1.54) is 0 Å². The largest absolute Gasteiger partial charge is 0.493 e. The minimum Gasteiger partial charge on any atom is -0.493 e. The first-order chi connectivity index (χ1) is 8.21. The molecule has 17 heavy (non-hydrogen) atoms. The van der Waals surface area contributed by atoms with Crippen molar-refractivity contribution >= 4 is 18.8 Å². The number of benzene rings is 1. The molecule has 1 aromatic carbocycles. The van der Waals surface area contributed by atoms with Crippen LogP contribution in [0.4, 0.5) is 4.79 Å². The van der Waals surface area contributed by atoms with Crippen molar-refractivity contribution in [2.45, 2.75) is 6.42 Å². The fraction of sp³-hybridized carbons (Fsp3) is 0.364. The van der Waals surface area contributed by atoms with Crippen molar-refractivity contribution in [3.63, 3.8) is 0 Å². The molecule has 94 valence electrons. The maximum absolute atomic E-state index is 10.9. The van der Waals surface area contributed by atoms with Gasteiger partial charge in [-0.1, -0.05) is 18.9 Å². The van der Waals surface area contributed by atoms with Crippen LogP contribution in [0.1, 0.15) is 5.56 Å². The van der Waals surface area contributed by atoms with E-state index >= 15 is 0 Å². The highest BCUT2D eigenvalue weighted by molar-refractivity contribution is 7.78. The molecular formula is C11H16N2O3S. The average molecular weight is 256 g/mol. The molecule has 0 aromatic heterocycles. The van der Waals surface area contributed by atoms with Gasteiger partial charge in [0.05, 0.1) is 14.2 Å². The third-order valence-corrected chi connectivity index (χ3v) is 2.45. The summed E-state index contributed by atoms with van der Waals surface area (Å²) in [4.78, 5) is 10.9. The second-order valence-corrected chi connectivity index (χ2v) is 3.53. The number of carbonyl (C=O) groups is 1. The van der Waals surface area contributed by atoms with Gasteiger partial charge in [0.2, 0.25) is 0 Å². The van der Waals surface area contributed by atoms with E-state index in [0.29, 0.717) is 24.5 Å². The van der Waals surface area contributed by atoms with Gasteiger partial charge in [0.25, 0.3) is 0 Å². The van der Waals surface area contributed by atoms with Crippen molar-refractivity contribution in [2.24, 2.45) is 0 Å². The molecule has 5 nitrogen and oxygen atoms in total. The molecule has 0 aliphatic rings. The van der Waals surface area contributed by atoms with Crippen LogP contribution in [0, 0.1) is 0 Å². The number of amides is 2. The zero-order valence-electron chi connectivity index (χ0n) is 9.82. The van der Waals surface area contributed by atoms with Gasteiger partial charge in [-0.2, -0.15) is 0 Å². The van der Waals surface area contributed by atoms with Gasteiger partial charge in [-0.15, -0.1) is 0 Å². The Kier molecular flexibility index (Phi) is 5.48. The van der Waals surface area contributed by atoms with E-state index in [1.807, 2.05) is 18.2 Å². The van der Waals surface area contributed by atoms with Crippen LogP contribution in [0.5, 0.6) is 11.5 Å². The summed E-state index contributed by atoms with van der Waals surface area (Å²) in [5.41, 5.74) is 1.06. The summed E-state index contributed by atoms with van der Waals surface area (Å²) in [5.74, 6) is 1.38. The Balaban J connectivity index is 2.57. The fourth-order valence-corrected chi connectivity index (χ4v) is 1.48. The van der Waals surface area contributed by atoms with Gasteiger partial charge >= 0.3 is 6.03 Å². The summed E-state index contributed by atoms with van der Waals surface area (Å²) in [5, 5.41) is 2.65. The van der Waals surface area contributed by atoms with Crippen LogP contribution in [-0.4, -0.2) is 26.8 Å². The quantitative estimate of drug-likeness (QED) is 0.698. The Bertz CT molecular complexity index is 385. The van der Waals surface area contributed by atoms with Crippen molar-refractivity contribution in [3.8, 4) is 11.5 Å². The Labute approximate surface area is 106 Å². The minimum atomic E-state index is -0.311. The molecule has 0 atom stereocenters. The molecule has 0 radical (unpaired) electrons. The average Bonchev–Trinajstić information content (AvgIpc) is 2.38. The van der Waals surface area contributed by atoms with Gasteiger partial charge in [-0.3, -0.25) is 4.72 Å². The van der Waals surface area contributed by atoms with E-state index in [1.54, 1.807) is 14.2 Å². The summed E-state index contributed by atoms with van der Waals surface area (Å²) in [7, 11) is 3.18. The van der Waals surface area contributed by atoms with E-state index in [2.05, 4.69) is 22.9 Å². The van der Waals surface area contributed by atoms with Gasteiger partial charge < -0.3 is 14.8 Å². The summed E-state index contributed by atoms with van der Waals surface area (Å²) >= 11 is 3.63. The van der Waals surface area contributed by atoms with Crippen molar-refractivity contribution in [1.82, 2.24) is 10.0 Å². The first-order valence-electron chi connectivity index (χ1n) is 5.10. The molecule has 0 heterocycles. The van der Waals surface area contributed by atoms with E-state index < -0.39 is 0 Å². The zero-order chi connectivity index (χ0) is 12.7. The third kappa shape index (κ3) is 4.07. The first-order valence-corrected chi connectivity index (χ1v) is 5.54. The summed E-state index contributed by atoms with van der Waals surface area (Å²) in [6, 6.07) is 5.35. The molecule has 0 aliphatic heterocycles. The summed E-state index contributed by atoms with van der Waals surface area (Å²) in [6.45, 7) is 0.530. The number of thiol groups is 1. The maximum Gasteiger partial charge on any atom is 0.324 e. The highest BCUT2D eigenvalue weighted by Crippen LogP contribution is 2.27.